The number of hydrogen-bond donors (Lipinski definition) is 2. The van der Waals surface area contributed by atoms with Gasteiger partial charge in [0.05, 0.1) is 17.5 Å². The van der Waals surface area contributed by atoms with Gasteiger partial charge in [-0.1, -0.05) is 18.2 Å². The van der Waals surface area contributed by atoms with E-state index in [1.807, 2.05) is 18.2 Å². The van der Waals surface area contributed by atoms with Crippen LogP contribution in [0.15, 0.2) is 58.2 Å². The minimum Gasteiger partial charge on any atom is -0.496 e. The monoisotopic (exact) mass is 469 g/mol. The first-order valence-electron chi connectivity index (χ1n) is 10.1. The number of methoxy groups -OCH3 is 1. The van der Waals surface area contributed by atoms with E-state index in [1.165, 1.54) is 12.1 Å². The molecule has 3 N–H and O–H groups in total. The van der Waals surface area contributed by atoms with Crippen molar-refractivity contribution in [2.24, 2.45) is 5.14 Å². The third kappa shape index (κ3) is 4.45. The molecule has 0 atom stereocenters. The Bertz CT molecular complexity index is 1520. The maximum absolute atomic E-state index is 13.0. The number of hydrogen-bond acceptors (Lipinski definition) is 6. The van der Waals surface area contributed by atoms with Crippen LogP contribution in [0.4, 0.5) is 0 Å². The lowest BCUT2D eigenvalue weighted by atomic mass is 10.1. The Balaban J connectivity index is 1.48. The molecule has 33 heavy (non-hydrogen) atoms. The van der Waals surface area contributed by atoms with Gasteiger partial charge in [-0.2, -0.15) is 5.10 Å². The summed E-state index contributed by atoms with van der Waals surface area (Å²) in [6, 6.07) is 13.4. The number of rotatable bonds is 7. The predicted molar refractivity (Wildman–Crippen MR) is 123 cm³/mol. The number of benzene rings is 2. The number of nitrogens with one attached hydrogen (secondary N) is 1. The van der Waals surface area contributed by atoms with E-state index in [1.54, 1.807) is 36.6 Å². The molecule has 0 bridgehead atoms. The maximum Gasteiger partial charge on any atom is 0.291 e. The summed E-state index contributed by atoms with van der Waals surface area (Å²) >= 11 is 0. The minimum atomic E-state index is -3.74. The predicted octanol–water partition coefficient (Wildman–Crippen LogP) is 0.973. The fourth-order valence-electron chi connectivity index (χ4n) is 3.78. The molecular formula is C22H23N5O5S. The van der Waals surface area contributed by atoms with Gasteiger partial charge in [0.25, 0.3) is 5.56 Å². The van der Waals surface area contributed by atoms with Crippen molar-refractivity contribution in [3.63, 3.8) is 0 Å². The number of nitrogens with two attached hydrogens (primary N) is 1. The standard InChI is InChI=1S/C22H23N5O5S/c1-14-25-26(22(29)19-12-17-18(27(14)19)4-3-5-20(17)32-2)13-21(28)24-11-10-15-6-8-16(9-7-15)33(23,30)31/h3-9,12H,10-11,13H2,1-2H3,(H,24,28)(H2,23,30,31). The smallest absolute Gasteiger partial charge is 0.291 e. The number of carbonyl (C=O) groups excluding carboxylic acids is 1. The molecule has 0 unspecified atom stereocenters. The van der Waals surface area contributed by atoms with Crippen LogP contribution in [0.2, 0.25) is 0 Å². The van der Waals surface area contributed by atoms with E-state index >= 15 is 0 Å². The van der Waals surface area contributed by atoms with Gasteiger partial charge in [0.2, 0.25) is 15.9 Å². The molecule has 172 valence electrons. The van der Waals surface area contributed by atoms with Crippen LogP contribution in [0.1, 0.15) is 11.4 Å². The van der Waals surface area contributed by atoms with Crippen molar-refractivity contribution in [2.45, 2.75) is 24.8 Å². The summed E-state index contributed by atoms with van der Waals surface area (Å²) in [6.45, 7) is 1.86. The lowest BCUT2D eigenvalue weighted by molar-refractivity contribution is -0.121. The molecule has 2 aromatic heterocycles. The lowest BCUT2D eigenvalue weighted by Gasteiger charge is -2.10. The maximum atomic E-state index is 13.0. The molecular weight excluding hydrogens is 446 g/mol. The third-order valence-electron chi connectivity index (χ3n) is 5.35. The first-order valence-corrected chi connectivity index (χ1v) is 11.7. The number of fused-ring (bicyclic) bond motifs is 3. The molecule has 0 spiro atoms. The number of sulfonamides is 1. The van der Waals surface area contributed by atoms with Crippen molar-refractivity contribution >= 4 is 32.4 Å². The number of ether oxygens (including phenoxy) is 1. The third-order valence-corrected chi connectivity index (χ3v) is 6.28. The van der Waals surface area contributed by atoms with Crippen molar-refractivity contribution in [3.8, 4) is 5.75 Å². The molecule has 4 aromatic rings. The van der Waals surface area contributed by atoms with E-state index < -0.39 is 10.0 Å². The van der Waals surface area contributed by atoms with E-state index in [0.29, 0.717) is 30.1 Å². The van der Waals surface area contributed by atoms with E-state index in [2.05, 4.69) is 10.4 Å². The van der Waals surface area contributed by atoms with Crippen LogP contribution in [0.5, 0.6) is 5.75 Å². The van der Waals surface area contributed by atoms with Crippen molar-refractivity contribution in [1.82, 2.24) is 19.5 Å². The highest BCUT2D eigenvalue weighted by atomic mass is 32.2. The molecule has 2 heterocycles. The van der Waals surface area contributed by atoms with Gasteiger partial charge in [-0.25, -0.2) is 18.2 Å². The van der Waals surface area contributed by atoms with E-state index in [4.69, 9.17) is 9.88 Å². The van der Waals surface area contributed by atoms with E-state index in [9.17, 15) is 18.0 Å². The molecule has 0 aliphatic heterocycles. The molecule has 0 saturated carbocycles. The van der Waals surface area contributed by atoms with Crippen LogP contribution in [0.3, 0.4) is 0 Å². The van der Waals surface area contributed by atoms with Crippen molar-refractivity contribution in [1.29, 1.82) is 0 Å². The molecule has 0 radical (unpaired) electrons. The summed E-state index contributed by atoms with van der Waals surface area (Å²) in [5.74, 6) is 0.857. The largest absolute Gasteiger partial charge is 0.496 e. The second kappa shape index (κ2) is 8.68. The molecule has 11 heteroatoms. The zero-order valence-corrected chi connectivity index (χ0v) is 18.9. The molecule has 10 nitrogen and oxygen atoms in total. The topological polar surface area (TPSA) is 138 Å². The molecule has 0 aliphatic carbocycles. The fourth-order valence-corrected chi connectivity index (χ4v) is 4.29. The van der Waals surface area contributed by atoms with Gasteiger partial charge in [-0.05, 0) is 49.2 Å². The molecule has 4 rings (SSSR count). The molecule has 1 amide bonds. The average Bonchev–Trinajstić information content (AvgIpc) is 3.17. The Morgan fingerprint density at radius 2 is 1.88 bits per heavy atom. The summed E-state index contributed by atoms with van der Waals surface area (Å²) in [6.07, 6.45) is 0.487. The normalized spacial score (nSPS) is 11.7. The van der Waals surface area contributed by atoms with Gasteiger partial charge >= 0.3 is 0 Å². The zero-order valence-electron chi connectivity index (χ0n) is 18.1. The van der Waals surface area contributed by atoms with Crippen LogP contribution < -0.4 is 20.8 Å². The molecule has 2 aromatic carbocycles. The van der Waals surface area contributed by atoms with Crippen LogP contribution in [0, 0.1) is 6.92 Å². The SMILES string of the molecule is COc1cccc2c1cc1c(=O)n(CC(=O)NCCc3ccc(S(N)(=O)=O)cc3)nc(C)n12. The summed E-state index contributed by atoms with van der Waals surface area (Å²) in [4.78, 5) is 25.4. The Kier molecular flexibility index (Phi) is 5.91. The highest BCUT2D eigenvalue weighted by Crippen LogP contribution is 2.28. The van der Waals surface area contributed by atoms with Crippen LogP contribution in [-0.4, -0.2) is 42.2 Å². The summed E-state index contributed by atoms with van der Waals surface area (Å²) in [7, 11) is -2.17. The van der Waals surface area contributed by atoms with E-state index in [0.717, 1.165) is 21.1 Å². The van der Waals surface area contributed by atoms with Gasteiger partial charge in [-0.15, -0.1) is 0 Å². The quantitative estimate of drug-likeness (QED) is 0.414. The Labute approximate surface area is 189 Å². The second-order valence-electron chi connectivity index (χ2n) is 7.56. The number of amides is 1. The summed E-state index contributed by atoms with van der Waals surface area (Å²) in [5, 5.41) is 12.9. The van der Waals surface area contributed by atoms with Gasteiger partial charge in [0, 0.05) is 11.9 Å². The van der Waals surface area contributed by atoms with Crippen molar-refractivity contribution in [3.05, 3.63) is 70.3 Å². The second-order valence-corrected chi connectivity index (χ2v) is 9.12. The van der Waals surface area contributed by atoms with Crippen molar-refractivity contribution < 1.29 is 17.9 Å². The average molecular weight is 470 g/mol. The number of primary sulfonamides is 1. The Morgan fingerprint density at radius 1 is 1.15 bits per heavy atom. The number of carbonyl (C=O) groups is 1. The Morgan fingerprint density at radius 3 is 2.55 bits per heavy atom. The highest BCUT2D eigenvalue weighted by Gasteiger charge is 2.16. The van der Waals surface area contributed by atoms with Gasteiger partial charge in [0.1, 0.15) is 23.6 Å². The first kappa shape index (κ1) is 22.5. The van der Waals surface area contributed by atoms with E-state index in [-0.39, 0.29) is 22.9 Å². The lowest BCUT2D eigenvalue weighted by Crippen LogP contribution is -2.35. The zero-order chi connectivity index (χ0) is 23.8. The summed E-state index contributed by atoms with van der Waals surface area (Å²) < 4.78 is 30.9. The number of aromatic nitrogens is 3. The van der Waals surface area contributed by atoms with Crippen LogP contribution in [-0.2, 0) is 27.8 Å². The van der Waals surface area contributed by atoms with Gasteiger partial charge in [0.15, 0.2) is 0 Å². The van der Waals surface area contributed by atoms with Gasteiger partial charge < -0.3 is 10.1 Å². The van der Waals surface area contributed by atoms with Gasteiger partial charge in [-0.3, -0.25) is 14.0 Å². The fraction of sp³-hybridized carbons (Fsp3) is 0.227. The minimum absolute atomic E-state index is 0.0298. The number of aryl methyl sites for hydroxylation is 1. The van der Waals surface area contributed by atoms with Crippen LogP contribution >= 0.6 is 0 Å². The van der Waals surface area contributed by atoms with Crippen LogP contribution in [0.25, 0.3) is 16.4 Å². The van der Waals surface area contributed by atoms with Crippen molar-refractivity contribution in [2.75, 3.05) is 13.7 Å². The summed E-state index contributed by atoms with van der Waals surface area (Å²) in [5.41, 5.74) is 1.66. The highest BCUT2D eigenvalue weighted by molar-refractivity contribution is 7.89. The first-order chi connectivity index (χ1) is 15.7. The Hall–Kier alpha value is -3.70. The molecule has 0 saturated heterocycles. The molecule has 0 aliphatic rings. The number of nitrogens with zero attached hydrogens (tertiary/aromatic N) is 3. The molecule has 0 fully saturated rings.